The van der Waals surface area contributed by atoms with Crippen molar-refractivity contribution >= 4 is 22.3 Å². The zero-order chi connectivity index (χ0) is 19.3. The molecule has 2 aromatic carbocycles. The van der Waals surface area contributed by atoms with Gasteiger partial charge in [-0.15, -0.1) is 0 Å². The molecule has 0 radical (unpaired) electrons. The molecule has 0 N–H and O–H groups in total. The number of hydrogen-bond acceptors (Lipinski definition) is 6. The summed E-state index contributed by atoms with van der Waals surface area (Å²) in [5.74, 6) is -2.24. The van der Waals surface area contributed by atoms with Crippen LogP contribution in [0.5, 0.6) is 0 Å². The lowest BCUT2D eigenvalue weighted by atomic mass is 10.1. The first-order valence-electron chi connectivity index (χ1n) is 8.42. The smallest absolute Gasteiger partial charge is 0.313 e. The summed E-state index contributed by atoms with van der Waals surface area (Å²) in [7, 11) is 0. The van der Waals surface area contributed by atoms with Crippen LogP contribution < -0.4 is 4.87 Å². The van der Waals surface area contributed by atoms with E-state index in [0.717, 1.165) is 16.9 Å². The topological polar surface area (TPSA) is 66.5 Å². The van der Waals surface area contributed by atoms with Crippen molar-refractivity contribution in [2.75, 3.05) is 13.2 Å². The second-order valence-corrected chi connectivity index (χ2v) is 6.96. The second-order valence-electron chi connectivity index (χ2n) is 6.14. The van der Waals surface area contributed by atoms with E-state index >= 15 is 0 Å². The maximum atomic E-state index is 14.6. The lowest BCUT2D eigenvalue weighted by molar-refractivity contribution is -0.0467. The van der Waals surface area contributed by atoms with Crippen molar-refractivity contribution in [2.45, 2.75) is 6.29 Å². The van der Waals surface area contributed by atoms with Gasteiger partial charge in [0.15, 0.2) is 17.9 Å². The maximum absolute atomic E-state index is 14.6. The van der Waals surface area contributed by atoms with Gasteiger partial charge >= 0.3 is 4.87 Å². The number of rotatable bonds is 3. The minimum atomic E-state index is -1.20. The van der Waals surface area contributed by atoms with Crippen LogP contribution in [0.25, 0.3) is 28.0 Å². The Kier molecular flexibility index (Phi) is 4.08. The number of ether oxygens (including phenoxy) is 2. The van der Waals surface area contributed by atoms with Gasteiger partial charge in [0.1, 0.15) is 0 Å². The molecule has 3 heterocycles. The molecule has 0 bridgehead atoms. The average molecular weight is 402 g/mol. The summed E-state index contributed by atoms with van der Waals surface area (Å²) in [4.78, 5) is 12.2. The lowest BCUT2D eigenvalue weighted by Crippen LogP contribution is -2.13. The number of halogens is 2. The Morgan fingerprint density at radius 3 is 2.61 bits per heavy atom. The molecule has 0 saturated carbocycles. The van der Waals surface area contributed by atoms with E-state index in [0.29, 0.717) is 5.69 Å². The van der Waals surface area contributed by atoms with E-state index in [1.165, 1.54) is 10.6 Å². The summed E-state index contributed by atoms with van der Waals surface area (Å²) < 4.78 is 46.0. The fourth-order valence-electron chi connectivity index (χ4n) is 3.21. The molecular formula is C19H12F2N2O4S. The van der Waals surface area contributed by atoms with Crippen LogP contribution in [0.3, 0.4) is 0 Å². The van der Waals surface area contributed by atoms with Crippen LogP contribution >= 0.6 is 11.3 Å². The predicted molar refractivity (Wildman–Crippen MR) is 97.5 cm³/mol. The molecule has 4 aromatic rings. The zero-order valence-electron chi connectivity index (χ0n) is 14.2. The van der Waals surface area contributed by atoms with E-state index < -0.39 is 17.9 Å². The van der Waals surface area contributed by atoms with Gasteiger partial charge in [-0.1, -0.05) is 46.8 Å². The van der Waals surface area contributed by atoms with Gasteiger partial charge in [-0.25, -0.2) is 8.96 Å². The molecule has 1 aliphatic heterocycles. The number of aromatic nitrogens is 2. The molecule has 0 unspecified atom stereocenters. The van der Waals surface area contributed by atoms with Gasteiger partial charge in [0.25, 0.3) is 0 Å². The van der Waals surface area contributed by atoms with Crippen LogP contribution in [-0.4, -0.2) is 22.9 Å². The molecular weight excluding hydrogens is 390 g/mol. The third-order valence-electron chi connectivity index (χ3n) is 4.51. The van der Waals surface area contributed by atoms with E-state index in [1.807, 2.05) is 30.3 Å². The highest BCUT2D eigenvalue weighted by Gasteiger charge is 2.29. The minimum absolute atomic E-state index is 0.0817. The second kappa shape index (κ2) is 6.62. The quantitative estimate of drug-likeness (QED) is 0.518. The Morgan fingerprint density at radius 2 is 1.86 bits per heavy atom. The number of nitrogens with zero attached hydrogens (tertiary/aromatic N) is 2. The molecule has 1 saturated heterocycles. The fourth-order valence-corrected chi connectivity index (χ4v) is 3.95. The number of fused-ring (bicyclic) bond motifs is 1. The van der Waals surface area contributed by atoms with Crippen molar-refractivity contribution in [2.24, 2.45) is 0 Å². The number of thiazole rings is 1. The van der Waals surface area contributed by atoms with Gasteiger partial charge in [0, 0.05) is 10.9 Å². The zero-order valence-corrected chi connectivity index (χ0v) is 15.0. The van der Waals surface area contributed by atoms with E-state index in [4.69, 9.17) is 14.0 Å². The van der Waals surface area contributed by atoms with Crippen molar-refractivity contribution < 1.29 is 22.8 Å². The first kappa shape index (κ1) is 17.2. The van der Waals surface area contributed by atoms with Crippen molar-refractivity contribution in [1.82, 2.24) is 9.72 Å². The highest BCUT2D eigenvalue weighted by Crippen LogP contribution is 2.35. The van der Waals surface area contributed by atoms with Crippen molar-refractivity contribution in [3.8, 4) is 17.1 Å². The molecule has 0 atom stereocenters. The van der Waals surface area contributed by atoms with Gasteiger partial charge in [-0.3, -0.25) is 4.79 Å². The molecule has 1 fully saturated rings. The SMILES string of the molecule is O=c1scc(-c2ccccc2)n1-c1noc2c(F)c(F)c(C3OCCO3)cc12. The Morgan fingerprint density at radius 1 is 1.11 bits per heavy atom. The molecule has 142 valence electrons. The number of hydrogen-bond donors (Lipinski definition) is 0. The maximum Gasteiger partial charge on any atom is 0.313 e. The van der Waals surface area contributed by atoms with Crippen LogP contribution in [0.1, 0.15) is 11.9 Å². The molecule has 6 nitrogen and oxygen atoms in total. The van der Waals surface area contributed by atoms with E-state index in [9.17, 15) is 13.6 Å². The van der Waals surface area contributed by atoms with Crippen LogP contribution in [0.15, 0.2) is 51.1 Å². The van der Waals surface area contributed by atoms with Crippen molar-refractivity contribution in [3.05, 3.63) is 68.6 Å². The fraction of sp³-hybridized carbons (Fsp3) is 0.158. The van der Waals surface area contributed by atoms with Crippen LogP contribution in [-0.2, 0) is 9.47 Å². The van der Waals surface area contributed by atoms with E-state index in [2.05, 4.69) is 5.16 Å². The highest BCUT2D eigenvalue weighted by atomic mass is 32.1. The van der Waals surface area contributed by atoms with Crippen LogP contribution in [0.2, 0.25) is 0 Å². The van der Waals surface area contributed by atoms with Gasteiger partial charge in [0.05, 0.1) is 24.3 Å². The van der Waals surface area contributed by atoms with Gasteiger partial charge in [-0.2, -0.15) is 4.39 Å². The Hall–Kier alpha value is -2.88. The van der Waals surface area contributed by atoms with Crippen molar-refractivity contribution in [3.63, 3.8) is 0 Å². The summed E-state index contributed by atoms with van der Waals surface area (Å²) in [5.41, 5.74) is 0.885. The molecule has 9 heteroatoms. The molecule has 0 spiro atoms. The summed E-state index contributed by atoms with van der Waals surface area (Å²) >= 11 is 0.978. The molecule has 0 amide bonds. The summed E-state index contributed by atoms with van der Waals surface area (Å²) in [6.45, 7) is 0.560. The van der Waals surface area contributed by atoms with Crippen LogP contribution in [0, 0.1) is 11.6 Å². The Balaban J connectivity index is 1.75. The normalized spacial score (nSPS) is 14.9. The molecule has 28 heavy (non-hydrogen) atoms. The molecule has 2 aromatic heterocycles. The molecule has 5 rings (SSSR count). The third kappa shape index (κ3) is 2.59. The lowest BCUT2D eigenvalue weighted by Gasteiger charge is -2.11. The standard InChI is InChI=1S/C19H12F2N2O4S/c20-14-11(18-25-6-7-26-18)8-12-16(15(14)21)27-22-17(12)23-13(9-28-19(23)24)10-4-2-1-3-5-10/h1-5,8-9,18H,6-7H2. The summed E-state index contributed by atoms with van der Waals surface area (Å²) in [6.07, 6.45) is -1.02. The largest absolute Gasteiger partial charge is 0.351 e. The average Bonchev–Trinajstić information content (AvgIpc) is 3.45. The van der Waals surface area contributed by atoms with Crippen molar-refractivity contribution in [1.29, 1.82) is 0 Å². The third-order valence-corrected chi connectivity index (χ3v) is 5.23. The first-order valence-corrected chi connectivity index (χ1v) is 9.30. The predicted octanol–water partition coefficient (Wildman–Crippen LogP) is 4.03. The molecule has 1 aliphatic rings. The molecule has 0 aliphatic carbocycles. The minimum Gasteiger partial charge on any atom is -0.351 e. The monoisotopic (exact) mass is 402 g/mol. The van der Waals surface area contributed by atoms with E-state index in [1.54, 1.807) is 5.38 Å². The first-order chi connectivity index (χ1) is 13.6. The van der Waals surface area contributed by atoms with Gasteiger partial charge < -0.3 is 14.0 Å². The summed E-state index contributed by atoms with van der Waals surface area (Å²) in [5, 5.41) is 5.70. The number of benzene rings is 2. The van der Waals surface area contributed by atoms with Crippen LogP contribution in [0.4, 0.5) is 8.78 Å². The van der Waals surface area contributed by atoms with Gasteiger partial charge in [-0.05, 0) is 11.6 Å². The Labute approximate surface area is 160 Å². The van der Waals surface area contributed by atoms with E-state index in [-0.39, 0.29) is 40.4 Å². The highest BCUT2D eigenvalue weighted by molar-refractivity contribution is 7.07. The van der Waals surface area contributed by atoms with Gasteiger partial charge in [0.2, 0.25) is 11.4 Å². The Bertz CT molecular complexity index is 1230. The summed E-state index contributed by atoms with van der Waals surface area (Å²) in [6, 6.07) is 10.6.